The number of hydrogen-bond donors (Lipinski definition) is 0. The molecule has 0 N–H and O–H groups in total. The molecule has 2 rings (SSSR count). The van der Waals surface area contributed by atoms with Gasteiger partial charge >= 0.3 is 0 Å². The third-order valence-electron chi connectivity index (χ3n) is 4.98. The molecule has 2 aliphatic rings. The molecular weight excluding hydrogens is 312 g/mol. The highest BCUT2D eigenvalue weighted by molar-refractivity contribution is 7.85. The lowest BCUT2D eigenvalue weighted by atomic mass is 9.98. The third kappa shape index (κ3) is 4.77. The molecule has 0 bridgehead atoms. The molecule has 2 heterocycles. The molecule has 2 saturated heterocycles. The number of nitrogens with zero attached hydrogens (tertiary/aromatic N) is 2. The van der Waals surface area contributed by atoms with Crippen LogP contribution in [0.2, 0.25) is 0 Å². The number of amides is 1. The maximum Gasteiger partial charge on any atom is 0.240 e. The van der Waals surface area contributed by atoms with E-state index in [-0.39, 0.29) is 36.1 Å². The minimum Gasteiger partial charge on any atom is -0.373 e. The molecule has 1 amide bonds. The number of carbonyl (C=O) groups excluding carboxylic acids is 1. The molecule has 0 saturated carbocycles. The van der Waals surface area contributed by atoms with Crippen LogP contribution in [-0.2, 0) is 20.3 Å². The molecule has 134 valence electrons. The van der Waals surface area contributed by atoms with E-state index in [0.717, 1.165) is 37.4 Å². The van der Waals surface area contributed by atoms with Crippen molar-refractivity contribution < 1.29 is 13.7 Å². The predicted octanol–water partition coefficient (Wildman–Crippen LogP) is 1.49. The molecule has 0 aromatic heterocycles. The topological polar surface area (TPSA) is 49.9 Å². The number of morpholine rings is 1. The Morgan fingerprint density at radius 2 is 1.70 bits per heavy atom. The Kier molecular flexibility index (Phi) is 6.63. The van der Waals surface area contributed by atoms with Gasteiger partial charge in [0, 0.05) is 48.5 Å². The molecule has 0 unspecified atom stereocenters. The van der Waals surface area contributed by atoms with E-state index in [2.05, 4.69) is 32.6 Å². The van der Waals surface area contributed by atoms with Crippen LogP contribution < -0.4 is 0 Å². The van der Waals surface area contributed by atoms with E-state index in [9.17, 15) is 9.00 Å². The van der Waals surface area contributed by atoms with Crippen molar-refractivity contribution in [3.63, 3.8) is 0 Å². The summed E-state index contributed by atoms with van der Waals surface area (Å²) in [6.45, 7) is 10.0. The number of hydrogen-bond acceptors (Lipinski definition) is 4. The summed E-state index contributed by atoms with van der Waals surface area (Å²) in [6, 6.07) is 0.138. The Labute approximate surface area is 143 Å². The average Bonchev–Trinajstić information content (AvgIpc) is 2.46. The zero-order valence-electron chi connectivity index (χ0n) is 15.2. The van der Waals surface area contributed by atoms with Gasteiger partial charge in [-0.2, -0.15) is 0 Å². The first kappa shape index (κ1) is 18.9. The fraction of sp³-hybridized carbons (Fsp3) is 0.941. The van der Waals surface area contributed by atoms with Gasteiger partial charge in [-0.05, 0) is 32.6 Å². The molecule has 23 heavy (non-hydrogen) atoms. The van der Waals surface area contributed by atoms with E-state index in [0.29, 0.717) is 0 Å². The van der Waals surface area contributed by atoms with E-state index in [4.69, 9.17) is 4.74 Å². The molecule has 0 radical (unpaired) electrons. The highest BCUT2D eigenvalue weighted by Gasteiger charge is 2.37. The largest absolute Gasteiger partial charge is 0.373 e. The second-order valence-electron chi connectivity index (χ2n) is 7.43. The summed E-state index contributed by atoms with van der Waals surface area (Å²) in [5.74, 6) is 1.92. The molecule has 6 heteroatoms. The van der Waals surface area contributed by atoms with Gasteiger partial charge in [0.1, 0.15) is 0 Å². The zero-order valence-corrected chi connectivity index (χ0v) is 16.0. The molecule has 2 aliphatic heterocycles. The lowest BCUT2D eigenvalue weighted by Gasteiger charge is -2.43. The number of ether oxygens (including phenoxy) is 1. The number of likely N-dealkylation sites (N-methyl/N-ethyl adjacent to an activating group) is 1. The molecule has 0 aromatic carbocycles. The predicted molar refractivity (Wildman–Crippen MR) is 93.9 cm³/mol. The normalized spacial score (nSPS) is 34.3. The summed E-state index contributed by atoms with van der Waals surface area (Å²) < 4.78 is 17.4. The zero-order chi connectivity index (χ0) is 17.1. The summed E-state index contributed by atoms with van der Waals surface area (Å²) in [6.07, 6.45) is 2.04. The molecule has 0 aliphatic carbocycles. The van der Waals surface area contributed by atoms with Gasteiger partial charge in [0.05, 0.1) is 18.2 Å². The summed E-state index contributed by atoms with van der Waals surface area (Å²) >= 11 is 0. The summed E-state index contributed by atoms with van der Waals surface area (Å²) in [4.78, 5) is 17.4. The van der Waals surface area contributed by atoms with Crippen molar-refractivity contribution in [1.82, 2.24) is 9.80 Å². The van der Waals surface area contributed by atoms with Crippen LogP contribution in [0.25, 0.3) is 0 Å². The molecule has 3 atom stereocenters. The second-order valence-corrected chi connectivity index (χ2v) is 9.12. The van der Waals surface area contributed by atoms with Crippen molar-refractivity contribution >= 4 is 16.7 Å². The lowest BCUT2D eigenvalue weighted by molar-refractivity contribution is -0.146. The van der Waals surface area contributed by atoms with Crippen molar-refractivity contribution in [2.45, 2.75) is 64.8 Å². The standard InChI is InChI=1S/C17H32N2O3S/c1-12(2)16(19-10-13(3)22-14(4)11-19)17(20)18(5)15-6-8-23(21)9-7-15/h12-16H,6-11H2,1-5H3/t13-,14+,15?,16-,23?/m1/s1. The minimum absolute atomic E-state index is 0.0961. The first-order valence-corrected chi connectivity index (χ1v) is 10.3. The van der Waals surface area contributed by atoms with Crippen molar-refractivity contribution in [2.24, 2.45) is 5.92 Å². The van der Waals surface area contributed by atoms with Crippen molar-refractivity contribution in [2.75, 3.05) is 31.6 Å². The van der Waals surface area contributed by atoms with Gasteiger partial charge in [0.15, 0.2) is 0 Å². The third-order valence-corrected chi connectivity index (χ3v) is 6.36. The lowest BCUT2D eigenvalue weighted by Crippen LogP contribution is -2.58. The fourth-order valence-corrected chi connectivity index (χ4v) is 5.14. The van der Waals surface area contributed by atoms with E-state index in [1.54, 1.807) is 0 Å². The first-order chi connectivity index (χ1) is 10.8. The van der Waals surface area contributed by atoms with Crippen LogP contribution in [-0.4, -0.2) is 75.9 Å². The van der Waals surface area contributed by atoms with Crippen LogP contribution in [0, 0.1) is 5.92 Å². The van der Waals surface area contributed by atoms with Gasteiger partial charge < -0.3 is 9.64 Å². The maximum absolute atomic E-state index is 13.1. The van der Waals surface area contributed by atoms with Gasteiger partial charge in [-0.25, -0.2) is 0 Å². The molecule has 0 spiro atoms. The van der Waals surface area contributed by atoms with Crippen LogP contribution in [0.15, 0.2) is 0 Å². The average molecular weight is 345 g/mol. The summed E-state index contributed by atoms with van der Waals surface area (Å²) in [5.41, 5.74) is 0. The van der Waals surface area contributed by atoms with E-state index >= 15 is 0 Å². The van der Waals surface area contributed by atoms with Gasteiger partial charge in [-0.3, -0.25) is 13.9 Å². The van der Waals surface area contributed by atoms with Crippen LogP contribution in [0.4, 0.5) is 0 Å². The Hall–Kier alpha value is -0.460. The van der Waals surface area contributed by atoms with E-state index in [1.165, 1.54) is 0 Å². The molecule has 0 aromatic rings. The highest BCUT2D eigenvalue weighted by atomic mass is 32.2. The van der Waals surface area contributed by atoms with E-state index in [1.807, 2.05) is 11.9 Å². The molecular formula is C17H32N2O3S. The Bertz CT molecular complexity index is 424. The fourth-order valence-electron chi connectivity index (χ4n) is 3.87. The minimum atomic E-state index is -0.689. The highest BCUT2D eigenvalue weighted by Crippen LogP contribution is 2.23. The van der Waals surface area contributed by atoms with Gasteiger partial charge in [-0.15, -0.1) is 0 Å². The quantitative estimate of drug-likeness (QED) is 0.775. The SMILES string of the molecule is CC(C)[C@H](C(=O)N(C)C1CCS(=O)CC1)N1C[C@@H](C)O[C@@H](C)C1. The Morgan fingerprint density at radius 1 is 1.17 bits per heavy atom. The van der Waals surface area contributed by atoms with Crippen molar-refractivity contribution in [3.8, 4) is 0 Å². The Morgan fingerprint density at radius 3 is 2.17 bits per heavy atom. The van der Waals surface area contributed by atoms with Gasteiger partial charge in [0.2, 0.25) is 5.91 Å². The van der Waals surface area contributed by atoms with Gasteiger partial charge in [-0.1, -0.05) is 13.8 Å². The number of rotatable bonds is 4. The Balaban J connectivity index is 2.07. The van der Waals surface area contributed by atoms with Crippen LogP contribution in [0.1, 0.15) is 40.5 Å². The van der Waals surface area contributed by atoms with Crippen molar-refractivity contribution in [1.29, 1.82) is 0 Å². The molecule has 5 nitrogen and oxygen atoms in total. The maximum atomic E-state index is 13.1. The second kappa shape index (κ2) is 8.08. The smallest absolute Gasteiger partial charge is 0.240 e. The summed E-state index contributed by atoms with van der Waals surface area (Å²) in [5, 5.41) is 0. The van der Waals surface area contributed by atoms with Gasteiger partial charge in [0.25, 0.3) is 0 Å². The summed E-state index contributed by atoms with van der Waals surface area (Å²) in [7, 11) is 1.23. The van der Waals surface area contributed by atoms with E-state index < -0.39 is 10.8 Å². The van der Waals surface area contributed by atoms with Crippen LogP contribution in [0.5, 0.6) is 0 Å². The molecule has 2 fully saturated rings. The van der Waals surface area contributed by atoms with Crippen LogP contribution >= 0.6 is 0 Å². The van der Waals surface area contributed by atoms with Crippen molar-refractivity contribution in [3.05, 3.63) is 0 Å². The monoisotopic (exact) mass is 344 g/mol. The number of carbonyl (C=O) groups is 1. The van der Waals surface area contributed by atoms with Crippen LogP contribution in [0.3, 0.4) is 0 Å². The first-order valence-electron chi connectivity index (χ1n) is 8.80.